The number of methoxy groups -OCH3 is 1. The molecule has 0 radical (unpaired) electrons. The lowest BCUT2D eigenvalue weighted by Crippen LogP contribution is -2.01. The Kier molecular flexibility index (Phi) is 3.99. The molecular weight excluding hydrogens is 299 g/mol. The van der Waals surface area contributed by atoms with Crippen molar-refractivity contribution in [3.05, 3.63) is 63.9 Å². The lowest BCUT2D eigenvalue weighted by atomic mass is 10.0. The first-order valence-corrected chi connectivity index (χ1v) is 6.18. The van der Waals surface area contributed by atoms with Crippen LogP contribution in [0.2, 0.25) is 0 Å². The van der Waals surface area contributed by atoms with Crippen LogP contribution in [0.15, 0.2) is 46.9 Å². The van der Waals surface area contributed by atoms with E-state index in [1.165, 1.54) is 12.1 Å². The highest BCUT2D eigenvalue weighted by Gasteiger charge is 2.15. The highest BCUT2D eigenvalue weighted by molar-refractivity contribution is 9.10. The van der Waals surface area contributed by atoms with Gasteiger partial charge in [0.05, 0.1) is 7.11 Å². The van der Waals surface area contributed by atoms with Gasteiger partial charge in [-0.3, -0.25) is 0 Å². The summed E-state index contributed by atoms with van der Waals surface area (Å²) in [6, 6.07) is 11.2. The molecule has 2 rings (SSSR count). The minimum absolute atomic E-state index is 0.370. The van der Waals surface area contributed by atoms with E-state index in [9.17, 15) is 9.50 Å². The maximum absolute atomic E-state index is 13.1. The van der Waals surface area contributed by atoms with Gasteiger partial charge in [-0.05, 0) is 35.9 Å². The molecule has 1 N–H and O–H groups in total. The van der Waals surface area contributed by atoms with Crippen molar-refractivity contribution >= 4 is 15.9 Å². The van der Waals surface area contributed by atoms with E-state index in [0.29, 0.717) is 16.9 Å². The summed E-state index contributed by atoms with van der Waals surface area (Å²) in [5.41, 5.74) is 1.14. The number of rotatable bonds is 3. The number of aliphatic hydroxyl groups is 1. The molecule has 0 aliphatic carbocycles. The largest absolute Gasteiger partial charge is 0.497 e. The number of halogens is 2. The third-order valence-corrected chi connectivity index (χ3v) is 3.38. The zero-order chi connectivity index (χ0) is 13.1. The Morgan fingerprint density at radius 1 is 1.22 bits per heavy atom. The van der Waals surface area contributed by atoms with Crippen molar-refractivity contribution in [2.75, 3.05) is 7.11 Å². The highest BCUT2D eigenvalue weighted by Crippen LogP contribution is 2.31. The van der Waals surface area contributed by atoms with Gasteiger partial charge in [-0.15, -0.1) is 0 Å². The molecule has 2 aromatic rings. The van der Waals surface area contributed by atoms with E-state index >= 15 is 0 Å². The van der Waals surface area contributed by atoms with E-state index in [1.54, 1.807) is 37.4 Å². The van der Waals surface area contributed by atoms with Gasteiger partial charge in [-0.2, -0.15) is 0 Å². The third kappa shape index (κ3) is 2.71. The molecule has 0 aliphatic rings. The Hall–Kier alpha value is -1.39. The van der Waals surface area contributed by atoms with Gasteiger partial charge >= 0.3 is 0 Å². The molecule has 0 saturated carbocycles. The Labute approximate surface area is 113 Å². The summed E-state index contributed by atoms with van der Waals surface area (Å²) < 4.78 is 19.0. The number of benzene rings is 2. The molecule has 1 unspecified atom stereocenters. The second-order valence-corrected chi connectivity index (χ2v) is 4.70. The Morgan fingerprint density at radius 2 is 2.00 bits per heavy atom. The predicted octanol–water partition coefficient (Wildman–Crippen LogP) is 3.68. The quantitative estimate of drug-likeness (QED) is 0.937. The average Bonchev–Trinajstić information content (AvgIpc) is 2.38. The molecule has 0 bridgehead atoms. The summed E-state index contributed by atoms with van der Waals surface area (Å²) in [4.78, 5) is 0. The fraction of sp³-hybridized carbons (Fsp3) is 0.143. The van der Waals surface area contributed by atoms with Gasteiger partial charge < -0.3 is 9.84 Å². The molecule has 2 nitrogen and oxygen atoms in total. The van der Waals surface area contributed by atoms with Crippen LogP contribution in [0.1, 0.15) is 17.2 Å². The van der Waals surface area contributed by atoms with E-state index in [1.807, 2.05) is 0 Å². The van der Waals surface area contributed by atoms with Crippen LogP contribution in [0, 0.1) is 5.82 Å². The van der Waals surface area contributed by atoms with Crippen LogP contribution in [-0.2, 0) is 0 Å². The van der Waals surface area contributed by atoms with Crippen LogP contribution in [0.25, 0.3) is 0 Å². The minimum Gasteiger partial charge on any atom is -0.497 e. The molecule has 2 aromatic carbocycles. The minimum atomic E-state index is -0.898. The molecule has 0 aliphatic heterocycles. The van der Waals surface area contributed by atoms with Crippen LogP contribution in [0.5, 0.6) is 5.75 Å². The number of aliphatic hydroxyl groups excluding tert-OH is 1. The second kappa shape index (κ2) is 5.50. The molecule has 0 heterocycles. The fourth-order valence-corrected chi connectivity index (χ4v) is 2.18. The Morgan fingerprint density at radius 3 is 2.67 bits per heavy atom. The van der Waals surface area contributed by atoms with Gasteiger partial charge in [0, 0.05) is 10.0 Å². The summed E-state index contributed by atoms with van der Waals surface area (Å²) in [6.45, 7) is 0. The maximum Gasteiger partial charge on any atom is 0.123 e. The van der Waals surface area contributed by atoms with Crippen LogP contribution >= 0.6 is 15.9 Å². The first kappa shape index (κ1) is 13.1. The van der Waals surface area contributed by atoms with Crippen molar-refractivity contribution in [2.24, 2.45) is 0 Å². The first-order valence-electron chi connectivity index (χ1n) is 5.39. The van der Waals surface area contributed by atoms with Crippen LogP contribution in [0.4, 0.5) is 4.39 Å². The molecule has 94 valence electrons. The summed E-state index contributed by atoms with van der Waals surface area (Å²) in [7, 11) is 1.56. The summed E-state index contributed by atoms with van der Waals surface area (Å²) in [6.07, 6.45) is -0.898. The smallest absolute Gasteiger partial charge is 0.123 e. The molecule has 4 heteroatoms. The zero-order valence-corrected chi connectivity index (χ0v) is 11.3. The normalized spacial score (nSPS) is 12.2. The van der Waals surface area contributed by atoms with Crippen LogP contribution < -0.4 is 4.74 Å². The topological polar surface area (TPSA) is 29.5 Å². The monoisotopic (exact) mass is 310 g/mol. The fourth-order valence-electron chi connectivity index (χ4n) is 1.71. The number of hydrogen-bond donors (Lipinski definition) is 1. The summed E-state index contributed by atoms with van der Waals surface area (Å²) in [5.74, 6) is 0.272. The van der Waals surface area contributed by atoms with E-state index in [0.717, 1.165) is 4.47 Å². The van der Waals surface area contributed by atoms with Crippen LogP contribution in [0.3, 0.4) is 0 Å². The van der Waals surface area contributed by atoms with E-state index in [2.05, 4.69) is 15.9 Å². The molecule has 18 heavy (non-hydrogen) atoms. The highest BCUT2D eigenvalue weighted by atomic mass is 79.9. The van der Waals surface area contributed by atoms with Gasteiger partial charge in [0.25, 0.3) is 0 Å². The average molecular weight is 311 g/mol. The van der Waals surface area contributed by atoms with Gasteiger partial charge in [0.1, 0.15) is 17.7 Å². The number of ether oxygens (including phenoxy) is 1. The van der Waals surface area contributed by atoms with Gasteiger partial charge in [0.2, 0.25) is 0 Å². The van der Waals surface area contributed by atoms with Crippen molar-refractivity contribution in [1.82, 2.24) is 0 Å². The van der Waals surface area contributed by atoms with Crippen molar-refractivity contribution < 1.29 is 14.2 Å². The van der Waals surface area contributed by atoms with E-state index in [-0.39, 0.29) is 5.82 Å². The maximum atomic E-state index is 13.1. The SMILES string of the molecule is COc1ccc(Br)c(C(O)c2cccc(F)c2)c1. The van der Waals surface area contributed by atoms with Crippen molar-refractivity contribution in [1.29, 1.82) is 0 Å². The third-order valence-electron chi connectivity index (χ3n) is 2.66. The zero-order valence-electron chi connectivity index (χ0n) is 9.73. The lowest BCUT2D eigenvalue weighted by Gasteiger charge is -2.14. The van der Waals surface area contributed by atoms with Crippen molar-refractivity contribution in [3.8, 4) is 5.75 Å². The van der Waals surface area contributed by atoms with E-state index < -0.39 is 6.10 Å². The molecular formula is C14H12BrFO2. The molecule has 0 fully saturated rings. The standard InChI is InChI=1S/C14H12BrFO2/c1-18-11-5-6-13(15)12(8-11)14(17)9-3-2-4-10(16)7-9/h2-8,14,17H,1H3. The Bertz CT molecular complexity index is 557. The summed E-state index contributed by atoms with van der Waals surface area (Å²) >= 11 is 3.37. The number of hydrogen-bond acceptors (Lipinski definition) is 2. The van der Waals surface area contributed by atoms with Crippen LogP contribution in [-0.4, -0.2) is 12.2 Å². The molecule has 0 amide bonds. The molecule has 0 aromatic heterocycles. The molecule has 0 spiro atoms. The van der Waals surface area contributed by atoms with Crippen molar-refractivity contribution in [3.63, 3.8) is 0 Å². The molecule has 1 atom stereocenters. The van der Waals surface area contributed by atoms with Gasteiger partial charge in [0.15, 0.2) is 0 Å². The Balaban J connectivity index is 2.41. The predicted molar refractivity (Wildman–Crippen MR) is 71.2 cm³/mol. The summed E-state index contributed by atoms with van der Waals surface area (Å²) in [5, 5.41) is 10.3. The lowest BCUT2D eigenvalue weighted by molar-refractivity contribution is 0.218. The van der Waals surface area contributed by atoms with Gasteiger partial charge in [-0.1, -0.05) is 28.1 Å². The second-order valence-electron chi connectivity index (χ2n) is 3.84. The van der Waals surface area contributed by atoms with Crippen molar-refractivity contribution in [2.45, 2.75) is 6.10 Å². The molecule has 0 saturated heterocycles. The van der Waals surface area contributed by atoms with Gasteiger partial charge in [-0.25, -0.2) is 4.39 Å². The van der Waals surface area contributed by atoms with E-state index in [4.69, 9.17) is 4.74 Å². The first-order chi connectivity index (χ1) is 8.61.